The molecule has 0 bridgehead atoms. The SMILES string of the molecule is CN1CCCC(c2cn3cccc(CN)c3n2)C1. The minimum absolute atomic E-state index is 0.547. The molecular formula is C14H20N4. The van der Waals surface area contributed by atoms with E-state index in [9.17, 15) is 0 Å². The van der Waals surface area contributed by atoms with E-state index in [1.54, 1.807) is 0 Å². The summed E-state index contributed by atoms with van der Waals surface area (Å²) >= 11 is 0. The van der Waals surface area contributed by atoms with Crippen LogP contribution in [-0.2, 0) is 6.54 Å². The van der Waals surface area contributed by atoms with Crippen molar-refractivity contribution in [3.05, 3.63) is 35.8 Å². The maximum Gasteiger partial charge on any atom is 0.141 e. The van der Waals surface area contributed by atoms with Gasteiger partial charge in [-0.1, -0.05) is 6.07 Å². The van der Waals surface area contributed by atoms with Crippen LogP contribution in [0, 0.1) is 0 Å². The standard InChI is InChI=1S/C14H20N4/c1-17-6-2-5-12(9-17)13-10-18-7-3-4-11(8-15)14(18)16-13/h3-4,7,10,12H,2,5-6,8-9,15H2,1H3. The Balaban J connectivity index is 1.97. The van der Waals surface area contributed by atoms with E-state index in [1.165, 1.54) is 25.1 Å². The van der Waals surface area contributed by atoms with Crippen LogP contribution in [0.1, 0.15) is 30.0 Å². The molecule has 2 aromatic rings. The van der Waals surface area contributed by atoms with E-state index in [-0.39, 0.29) is 0 Å². The molecule has 2 N–H and O–H groups in total. The number of likely N-dealkylation sites (tertiary alicyclic amines) is 1. The largest absolute Gasteiger partial charge is 0.326 e. The van der Waals surface area contributed by atoms with Gasteiger partial charge >= 0.3 is 0 Å². The smallest absolute Gasteiger partial charge is 0.141 e. The van der Waals surface area contributed by atoms with Crippen molar-refractivity contribution in [2.24, 2.45) is 5.73 Å². The van der Waals surface area contributed by atoms with Gasteiger partial charge in [0.1, 0.15) is 5.65 Å². The second-order valence-electron chi connectivity index (χ2n) is 5.24. The second-order valence-corrected chi connectivity index (χ2v) is 5.24. The number of fused-ring (bicyclic) bond motifs is 1. The molecule has 0 radical (unpaired) electrons. The van der Waals surface area contributed by atoms with Crippen molar-refractivity contribution in [3.63, 3.8) is 0 Å². The van der Waals surface area contributed by atoms with Crippen LogP contribution in [0.25, 0.3) is 5.65 Å². The van der Waals surface area contributed by atoms with Crippen molar-refractivity contribution >= 4 is 5.65 Å². The van der Waals surface area contributed by atoms with Gasteiger partial charge in [-0.3, -0.25) is 0 Å². The summed E-state index contributed by atoms with van der Waals surface area (Å²) < 4.78 is 2.10. The zero-order valence-electron chi connectivity index (χ0n) is 10.8. The minimum atomic E-state index is 0.547. The van der Waals surface area contributed by atoms with Gasteiger partial charge in [-0.15, -0.1) is 0 Å². The lowest BCUT2D eigenvalue weighted by Crippen LogP contribution is -2.30. The van der Waals surface area contributed by atoms with E-state index in [4.69, 9.17) is 10.7 Å². The Kier molecular flexibility index (Phi) is 3.06. The van der Waals surface area contributed by atoms with Crippen molar-refractivity contribution in [3.8, 4) is 0 Å². The predicted octanol–water partition coefficient (Wildman–Crippen LogP) is 1.60. The summed E-state index contributed by atoms with van der Waals surface area (Å²) in [5.74, 6) is 0.564. The number of pyridine rings is 1. The fraction of sp³-hybridized carbons (Fsp3) is 0.500. The summed E-state index contributed by atoms with van der Waals surface area (Å²) in [4.78, 5) is 7.19. The molecule has 96 valence electrons. The monoisotopic (exact) mass is 244 g/mol. The van der Waals surface area contributed by atoms with Gasteiger partial charge in [0.2, 0.25) is 0 Å². The zero-order chi connectivity index (χ0) is 12.5. The molecule has 0 aromatic carbocycles. The van der Waals surface area contributed by atoms with Crippen LogP contribution in [0.15, 0.2) is 24.5 Å². The van der Waals surface area contributed by atoms with Gasteiger partial charge in [0, 0.05) is 37.0 Å². The second kappa shape index (κ2) is 4.71. The number of piperidine rings is 1. The molecule has 3 heterocycles. The van der Waals surface area contributed by atoms with Crippen molar-refractivity contribution in [1.29, 1.82) is 0 Å². The lowest BCUT2D eigenvalue weighted by atomic mass is 9.96. The molecule has 0 saturated carbocycles. The maximum absolute atomic E-state index is 5.76. The van der Waals surface area contributed by atoms with E-state index in [2.05, 4.69) is 34.8 Å². The fourth-order valence-electron chi connectivity index (χ4n) is 2.85. The van der Waals surface area contributed by atoms with Crippen LogP contribution < -0.4 is 5.73 Å². The van der Waals surface area contributed by atoms with Crippen molar-refractivity contribution in [2.45, 2.75) is 25.3 Å². The highest BCUT2D eigenvalue weighted by Gasteiger charge is 2.21. The van der Waals surface area contributed by atoms with E-state index in [0.717, 1.165) is 17.8 Å². The topological polar surface area (TPSA) is 46.6 Å². The van der Waals surface area contributed by atoms with Crippen LogP contribution >= 0.6 is 0 Å². The lowest BCUT2D eigenvalue weighted by molar-refractivity contribution is 0.249. The highest BCUT2D eigenvalue weighted by molar-refractivity contribution is 5.49. The highest BCUT2D eigenvalue weighted by Crippen LogP contribution is 2.26. The third-order valence-electron chi connectivity index (χ3n) is 3.84. The molecule has 0 spiro atoms. The van der Waals surface area contributed by atoms with Gasteiger partial charge in [0.15, 0.2) is 0 Å². The Hall–Kier alpha value is -1.39. The van der Waals surface area contributed by atoms with Gasteiger partial charge < -0.3 is 15.0 Å². The Morgan fingerprint density at radius 3 is 3.17 bits per heavy atom. The van der Waals surface area contributed by atoms with Gasteiger partial charge in [-0.2, -0.15) is 0 Å². The number of hydrogen-bond acceptors (Lipinski definition) is 3. The number of hydrogen-bond donors (Lipinski definition) is 1. The normalized spacial score (nSPS) is 21.6. The molecule has 1 unspecified atom stereocenters. The number of likely N-dealkylation sites (N-methyl/N-ethyl adjacent to an activating group) is 1. The maximum atomic E-state index is 5.76. The molecule has 1 aliphatic rings. The first-order valence-corrected chi connectivity index (χ1v) is 6.63. The fourth-order valence-corrected chi connectivity index (χ4v) is 2.85. The first-order valence-electron chi connectivity index (χ1n) is 6.63. The number of rotatable bonds is 2. The Bertz CT molecular complexity index is 546. The molecule has 0 aliphatic carbocycles. The summed E-state index contributed by atoms with van der Waals surface area (Å²) in [7, 11) is 2.19. The van der Waals surface area contributed by atoms with Crippen molar-refractivity contribution < 1.29 is 0 Å². The van der Waals surface area contributed by atoms with Crippen LogP contribution in [0.2, 0.25) is 0 Å². The summed E-state index contributed by atoms with van der Waals surface area (Å²) in [5, 5.41) is 0. The zero-order valence-corrected chi connectivity index (χ0v) is 10.8. The van der Waals surface area contributed by atoms with E-state index >= 15 is 0 Å². The molecule has 18 heavy (non-hydrogen) atoms. The van der Waals surface area contributed by atoms with Crippen molar-refractivity contribution in [2.75, 3.05) is 20.1 Å². The molecule has 1 aliphatic heterocycles. The van der Waals surface area contributed by atoms with Crippen molar-refractivity contribution in [1.82, 2.24) is 14.3 Å². The molecule has 0 amide bonds. The molecule has 1 atom stereocenters. The molecular weight excluding hydrogens is 224 g/mol. The number of aromatic nitrogens is 2. The van der Waals surface area contributed by atoms with E-state index < -0.39 is 0 Å². The highest BCUT2D eigenvalue weighted by atomic mass is 15.1. The van der Waals surface area contributed by atoms with Gasteiger partial charge in [-0.05, 0) is 32.5 Å². The third-order valence-corrected chi connectivity index (χ3v) is 3.84. The molecule has 4 nitrogen and oxygen atoms in total. The molecule has 2 aromatic heterocycles. The molecule has 3 rings (SSSR count). The summed E-state index contributed by atoms with van der Waals surface area (Å²) in [5.41, 5.74) is 9.11. The Morgan fingerprint density at radius 2 is 2.39 bits per heavy atom. The quantitative estimate of drug-likeness (QED) is 0.873. The predicted molar refractivity (Wildman–Crippen MR) is 72.6 cm³/mol. The van der Waals surface area contributed by atoms with Crippen LogP contribution in [0.4, 0.5) is 0 Å². The number of nitrogens with zero attached hydrogens (tertiary/aromatic N) is 3. The minimum Gasteiger partial charge on any atom is -0.326 e. The molecule has 4 heteroatoms. The average molecular weight is 244 g/mol. The first kappa shape index (κ1) is 11.7. The van der Waals surface area contributed by atoms with Gasteiger partial charge in [0.05, 0.1) is 5.69 Å². The Morgan fingerprint density at radius 1 is 1.50 bits per heavy atom. The van der Waals surface area contributed by atoms with E-state index in [1.807, 2.05) is 6.07 Å². The molecule has 1 fully saturated rings. The summed E-state index contributed by atoms with van der Waals surface area (Å²) in [6.07, 6.45) is 6.72. The summed E-state index contributed by atoms with van der Waals surface area (Å²) in [6, 6.07) is 4.09. The van der Waals surface area contributed by atoms with Crippen LogP contribution in [0.5, 0.6) is 0 Å². The first-order chi connectivity index (χ1) is 8.78. The third kappa shape index (κ3) is 2.02. The van der Waals surface area contributed by atoms with E-state index in [0.29, 0.717) is 12.5 Å². The lowest BCUT2D eigenvalue weighted by Gasteiger charge is -2.28. The summed E-state index contributed by atoms with van der Waals surface area (Å²) in [6.45, 7) is 2.87. The van der Waals surface area contributed by atoms with Crippen LogP contribution in [0.3, 0.4) is 0 Å². The number of nitrogens with two attached hydrogens (primary N) is 1. The molecule has 1 saturated heterocycles. The van der Waals surface area contributed by atoms with Gasteiger partial charge in [-0.25, -0.2) is 4.98 Å². The Labute approximate surface area is 107 Å². The van der Waals surface area contributed by atoms with Crippen LogP contribution in [-0.4, -0.2) is 34.4 Å². The average Bonchev–Trinajstić information content (AvgIpc) is 2.82. The van der Waals surface area contributed by atoms with Gasteiger partial charge in [0.25, 0.3) is 0 Å². The number of imidazole rings is 1.